The van der Waals surface area contributed by atoms with E-state index in [1.54, 1.807) is 7.11 Å². The van der Waals surface area contributed by atoms with Crippen molar-refractivity contribution in [2.75, 3.05) is 7.11 Å². The van der Waals surface area contributed by atoms with Gasteiger partial charge >= 0.3 is 0 Å². The Bertz CT molecular complexity index is 898. The first-order chi connectivity index (χ1) is 15.1. The largest absolute Gasteiger partial charge is 0.493 e. The number of ether oxygens (including phenoxy) is 2. The molecule has 1 aromatic carbocycles. The van der Waals surface area contributed by atoms with Crippen molar-refractivity contribution in [3.8, 4) is 11.5 Å². The van der Waals surface area contributed by atoms with Gasteiger partial charge in [-0.2, -0.15) is 12.6 Å². The molecule has 31 heavy (non-hydrogen) atoms. The van der Waals surface area contributed by atoms with Gasteiger partial charge in [0, 0.05) is 28.0 Å². The van der Waals surface area contributed by atoms with Gasteiger partial charge < -0.3 is 9.47 Å². The lowest BCUT2D eigenvalue weighted by Crippen LogP contribution is -2.20. The van der Waals surface area contributed by atoms with Crippen LogP contribution < -0.4 is 9.47 Å². The van der Waals surface area contributed by atoms with E-state index in [4.69, 9.17) is 22.1 Å². The van der Waals surface area contributed by atoms with Gasteiger partial charge in [0.05, 0.1) is 13.2 Å². The third-order valence-electron chi connectivity index (χ3n) is 7.57. The Kier molecular flexibility index (Phi) is 6.57. The van der Waals surface area contributed by atoms with Crippen molar-refractivity contribution in [3.05, 3.63) is 42.1 Å². The summed E-state index contributed by atoms with van der Waals surface area (Å²) in [5.41, 5.74) is 3.87. The predicted molar refractivity (Wildman–Crippen MR) is 134 cm³/mol. The number of hydrogen-bond donors (Lipinski definition) is 1. The summed E-state index contributed by atoms with van der Waals surface area (Å²) in [4.78, 5) is 4.65. The van der Waals surface area contributed by atoms with E-state index in [1.165, 1.54) is 36.1 Å². The number of aliphatic imine (C=N–C) groups is 1. The van der Waals surface area contributed by atoms with Crippen LogP contribution >= 0.6 is 12.6 Å². The van der Waals surface area contributed by atoms with Gasteiger partial charge in [0.25, 0.3) is 0 Å². The Morgan fingerprint density at radius 3 is 2.61 bits per heavy atom. The molecular weight excluding hydrogens is 402 g/mol. The van der Waals surface area contributed by atoms with E-state index in [-0.39, 0.29) is 10.2 Å². The smallest absolute Gasteiger partial charge is 0.161 e. The zero-order chi connectivity index (χ0) is 22.1. The number of hydrogen-bond acceptors (Lipinski definition) is 4. The van der Waals surface area contributed by atoms with E-state index in [1.807, 2.05) is 20.0 Å². The molecule has 0 N–H and O–H groups in total. The molecule has 4 aliphatic rings. The molecule has 1 aliphatic heterocycles. The third-order valence-corrected chi connectivity index (χ3v) is 8.34. The van der Waals surface area contributed by atoms with E-state index in [0.29, 0.717) is 12.0 Å². The molecule has 3 nitrogen and oxygen atoms in total. The van der Waals surface area contributed by atoms with Crippen molar-refractivity contribution < 1.29 is 9.47 Å². The quantitative estimate of drug-likeness (QED) is 0.489. The lowest BCUT2D eigenvalue weighted by atomic mass is 9.85. The summed E-state index contributed by atoms with van der Waals surface area (Å²) in [6.07, 6.45) is 16.3. The Labute approximate surface area is 193 Å². The SMILES string of the molecule is CC.CCC12CC1(S)CC1C=CN=C1C=C2c1ccc(OC2CCCCC2)c(OC)c1. The van der Waals surface area contributed by atoms with Gasteiger partial charge in [-0.05, 0) is 74.3 Å². The zero-order valence-corrected chi connectivity index (χ0v) is 20.4. The summed E-state index contributed by atoms with van der Waals surface area (Å²) < 4.78 is 12.1. The monoisotopic (exact) mass is 439 g/mol. The van der Waals surface area contributed by atoms with Crippen molar-refractivity contribution >= 4 is 23.9 Å². The molecule has 3 atom stereocenters. The normalized spacial score (nSPS) is 31.3. The van der Waals surface area contributed by atoms with Crippen LogP contribution in [0.2, 0.25) is 0 Å². The van der Waals surface area contributed by atoms with E-state index < -0.39 is 0 Å². The molecule has 4 heteroatoms. The summed E-state index contributed by atoms with van der Waals surface area (Å²) in [5, 5.41) is 0. The molecule has 168 valence electrons. The molecule has 0 amide bonds. The first kappa shape index (κ1) is 22.5. The molecule has 5 rings (SSSR count). The summed E-state index contributed by atoms with van der Waals surface area (Å²) in [6.45, 7) is 6.29. The summed E-state index contributed by atoms with van der Waals surface area (Å²) in [6, 6.07) is 6.48. The van der Waals surface area contributed by atoms with Gasteiger partial charge in [0.2, 0.25) is 0 Å². The minimum absolute atomic E-state index is 0.0503. The third kappa shape index (κ3) is 3.97. The van der Waals surface area contributed by atoms with Gasteiger partial charge in [-0.25, -0.2) is 0 Å². The molecule has 0 bridgehead atoms. The molecule has 0 spiro atoms. The number of nitrogens with zero attached hydrogens (tertiary/aromatic N) is 1. The maximum absolute atomic E-state index is 6.33. The highest BCUT2D eigenvalue weighted by Gasteiger charge is 2.67. The number of benzene rings is 1. The average molecular weight is 440 g/mol. The molecule has 3 unspecified atom stereocenters. The topological polar surface area (TPSA) is 30.8 Å². The zero-order valence-electron chi connectivity index (χ0n) is 19.5. The second-order valence-corrected chi connectivity index (χ2v) is 10.0. The molecule has 2 saturated carbocycles. The maximum atomic E-state index is 6.33. The summed E-state index contributed by atoms with van der Waals surface area (Å²) in [5.74, 6) is 2.10. The molecule has 3 aliphatic carbocycles. The fraction of sp³-hybridized carbons (Fsp3) is 0.593. The van der Waals surface area contributed by atoms with Crippen LogP contribution in [0.4, 0.5) is 0 Å². The summed E-state index contributed by atoms with van der Waals surface area (Å²) >= 11 is 5.19. The Morgan fingerprint density at radius 1 is 1.13 bits per heavy atom. The van der Waals surface area contributed by atoms with E-state index >= 15 is 0 Å². The van der Waals surface area contributed by atoms with Crippen LogP contribution in [0.15, 0.2) is 41.5 Å². The van der Waals surface area contributed by atoms with Crippen LogP contribution in [0.3, 0.4) is 0 Å². The van der Waals surface area contributed by atoms with Crippen LogP contribution in [0.5, 0.6) is 11.5 Å². The highest BCUT2D eigenvalue weighted by atomic mass is 32.1. The van der Waals surface area contributed by atoms with Crippen molar-refractivity contribution in [1.29, 1.82) is 0 Å². The van der Waals surface area contributed by atoms with Gasteiger partial charge in [-0.15, -0.1) is 0 Å². The Morgan fingerprint density at radius 2 is 1.90 bits per heavy atom. The van der Waals surface area contributed by atoms with E-state index in [0.717, 1.165) is 43.6 Å². The standard InChI is InChI=1S/C25H31NO2S.C2H6/c1-3-24-16-25(24,29)15-18-11-12-26-21(18)14-20(24)17-9-10-22(23(13-17)27-2)28-19-7-5-4-6-8-19;1-2/h9-14,18-19,29H,3-8,15-16H2,1-2H3;1-2H3. The fourth-order valence-electron chi connectivity index (χ4n) is 5.76. The second-order valence-electron chi connectivity index (χ2n) is 9.15. The minimum Gasteiger partial charge on any atom is -0.493 e. The molecule has 1 aromatic rings. The minimum atomic E-state index is 0.0503. The number of thiol groups is 1. The Balaban J connectivity index is 0.00000112. The van der Waals surface area contributed by atoms with Crippen LogP contribution in [-0.2, 0) is 0 Å². The first-order valence-electron chi connectivity index (χ1n) is 12.1. The number of rotatable bonds is 5. The highest BCUT2D eigenvalue weighted by molar-refractivity contribution is 7.82. The fourth-order valence-corrected chi connectivity index (χ4v) is 6.51. The molecular formula is C27H37NO2S. The average Bonchev–Trinajstić information content (AvgIpc) is 3.21. The van der Waals surface area contributed by atoms with Gasteiger partial charge in [-0.3, -0.25) is 4.99 Å². The summed E-state index contributed by atoms with van der Waals surface area (Å²) in [7, 11) is 1.74. The van der Waals surface area contributed by atoms with Crippen molar-refractivity contribution in [1.82, 2.24) is 0 Å². The highest BCUT2D eigenvalue weighted by Crippen LogP contribution is 2.72. The van der Waals surface area contributed by atoms with Crippen LogP contribution in [0.1, 0.15) is 77.7 Å². The number of methoxy groups -OCH3 is 1. The first-order valence-corrected chi connectivity index (χ1v) is 12.6. The number of allylic oxidation sites excluding steroid dienone is 3. The lowest BCUT2D eigenvalue weighted by molar-refractivity contribution is 0.149. The van der Waals surface area contributed by atoms with Gasteiger partial charge in [0.1, 0.15) is 0 Å². The van der Waals surface area contributed by atoms with Gasteiger partial charge in [-0.1, -0.05) is 39.3 Å². The molecule has 0 radical (unpaired) electrons. The van der Waals surface area contributed by atoms with Crippen molar-refractivity contribution in [2.45, 2.75) is 83.0 Å². The van der Waals surface area contributed by atoms with Crippen LogP contribution in [0, 0.1) is 11.3 Å². The molecule has 0 aromatic heterocycles. The van der Waals surface area contributed by atoms with Crippen molar-refractivity contribution in [3.63, 3.8) is 0 Å². The lowest BCUT2D eigenvalue weighted by Gasteiger charge is -2.26. The van der Waals surface area contributed by atoms with Crippen LogP contribution in [-0.4, -0.2) is 23.7 Å². The molecule has 0 saturated heterocycles. The van der Waals surface area contributed by atoms with E-state index in [9.17, 15) is 0 Å². The maximum Gasteiger partial charge on any atom is 0.161 e. The van der Waals surface area contributed by atoms with Gasteiger partial charge in [0.15, 0.2) is 11.5 Å². The number of fused-ring (bicyclic) bond motifs is 2. The van der Waals surface area contributed by atoms with Crippen LogP contribution in [0.25, 0.3) is 5.57 Å². The second kappa shape index (κ2) is 9.05. The van der Waals surface area contributed by atoms with Crippen molar-refractivity contribution in [2.24, 2.45) is 16.3 Å². The van der Waals surface area contributed by atoms with E-state index in [2.05, 4.69) is 42.3 Å². The molecule has 1 heterocycles. The Hall–Kier alpha value is -1.68. The molecule has 2 fully saturated rings. The predicted octanol–water partition coefficient (Wildman–Crippen LogP) is 7.27.